The summed E-state index contributed by atoms with van der Waals surface area (Å²) in [5, 5.41) is 0.902. The lowest BCUT2D eigenvalue weighted by molar-refractivity contribution is 0.546. The molecule has 0 aliphatic heterocycles. The number of halogens is 1. The molecule has 14 heavy (non-hydrogen) atoms. The molecule has 84 valence electrons. The Labute approximate surface area is 94.8 Å². The van der Waals surface area contributed by atoms with Crippen LogP contribution in [0.2, 0.25) is 0 Å². The van der Waals surface area contributed by atoms with Crippen molar-refractivity contribution in [2.75, 3.05) is 11.9 Å². The largest absolute Gasteiger partial charge is 0.215 e. The molecule has 1 saturated carbocycles. The SMILES string of the molecule is CC(CBr)CCCNS(=O)(=O)C1CC1. The summed E-state index contributed by atoms with van der Waals surface area (Å²) in [5.74, 6) is 0.625. The summed E-state index contributed by atoms with van der Waals surface area (Å²) in [5.41, 5.74) is 0. The minimum Gasteiger partial charge on any atom is -0.215 e. The molecular weight excluding hydrogens is 266 g/mol. The van der Waals surface area contributed by atoms with E-state index in [9.17, 15) is 8.42 Å². The van der Waals surface area contributed by atoms with Gasteiger partial charge in [-0.3, -0.25) is 0 Å². The lowest BCUT2D eigenvalue weighted by atomic mass is 10.1. The van der Waals surface area contributed by atoms with Crippen LogP contribution in [-0.4, -0.2) is 25.5 Å². The van der Waals surface area contributed by atoms with E-state index in [1.165, 1.54) is 0 Å². The van der Waals surface area contributed by atoms with E-state index in [-0.39, 0.29) is 5.25 Å². The van der Waals surface area contributed by atoms with Crippen molar-refractivity contribution in [3.8, 4) is 0 Å². The molecule has 0 heterocycles. The Kier molecular flexibility index (Phi) is 4.87. The van der Waals surface area contributed by atoms with Crippen molar-refractivity contribution >= 4 is 26.0 Å². The normalized spacial score (nSPS) is 19.6. The van der Waals surface area contributed by atoms with Crippen LogP contribution < -0.4 is 4.72 Å². The zero-order valence-corrected chi connectivity index (χ0v) is 10.9. The summed E-state index contributed by atoms with van der Waals surface area (Å²) in [6.07, 6.45) is 3.68. The maximum Gasteiger partial charge on any atom is 0.214 e. The number of rotatable bonds is 7. The zero-order valence-electron chi connectivity index (χ0n) is 8.50. The Morgan fingerprint density at radius 1 is 1.50 bits per heavy atom. The first-order chi connectivity index (χ1) is 6.56. The van der Waals surface area contributed by atoms with E-state index in [0.29, 0.717) is 12.5 Å². The van der Waals surface area contributed by atoms with E-state index in [1.807, 2.05) is 0 Å². The Hall–Kier alpha value is 0.390. The number of nitrogens with one attached hydrogen (secondary N) is 1. The van der Waals surface area contributed by atoms with E-state index < -0.39 is 10.0 Å². The van der Waals surface area contributed by atoms with Crippen LogP contribution in [-0.2, 0) is 10.0 Å². The van der Waals surface area contributed by atoms with Gasteiger partial charge in [-0.05, 0) is 31.6 Å². The van der Waals surface area contributed by atoms with Gasteiger partial charge in [-0.1, -0.05) is 22.9 Å². The molecule has 0 aromatic rings. The second-order valence-electron chi connectivity index (χ2n) is 4.04. The molecule has 0 aromatic heterocycles. The van der Waals surface area contributed by atoms with Gasteiger partial charge in [0.1, 0.15) is 0 Å². The second kappa shape index (κ2) is 5.47. The van der Waals surface area contributed by atoms with E-state index in [1.54, 1.807) is 0 Å². The molecule has 1 aliphatic carbocycles. The van der Waals surface area contributed by atoms with Gasteiger partial charge in [-0.25, -0.2) is 13.1 Å². The third kappa shape index (κ3) is 4.28. The smallest absolute Gasteiger partial charge is 0.214 e. The number of hydrogen-bond donors (Lipinski definition) is 1. The number of sulfonamides is 1. The van der Waals surface area contributed by atoms with Crippen molar-refractivity contribution in [1.29, 1.82) is 0 Å². The lowest BCUT2D eigenvalue weighted by Crippen LogP contribution is -2.28. The number of hydrogen-bond acceptors (Lipinski definition) is 2. The zero-order chi connectivity index (χ0) is 10.6. The summed E-state index contributed by atoms with van der Waals surface area (Å²) in [7, 11) is -2.95. The van der Waals surface area contributed by atoms with Crippen LogP contribution in [0.1, 0.15) is 32.6 Å². The van der Waals surface area contributed by atoms with Crippen LogP contribution in [0.3, 0.4) is 0 Å². The van der Waals surface area contributed by atoms with Gasteiger partial charge in [0, 0.05) is 11.9 Å². The molecule has 5 heteroatoms. The fourth-order valence-electron chi connectivity index (χ4n) is 1.24. The molecule has 1 fully saturated rings. The van der Waals surface area contributed by atoms with Gasteiger partial charge in [-0.2, -0.15) is 0 Å². The molecule has 0 amide bonds. The third-order valence-corrected chi connectivity index (χ3v) is 5.46. The van der Waals surface area contributed by atoms with Crippen LogP contribution in [0.25, 0.3) is 0 Å². The Balaban J connectivity index is 2.09. The molecule has 0 aromatic carbocycles. The summed E-state index contributed by atoms with van der Waals surface area (Å²) in [4.78, 5) is 0. The Morgan fingerprint density at radius 3 is 2.64 bits per heavy atom. The topological polar surface area (TPSA) is 46.2 Å². The second-order valence-corrected chi connectivity index (χ2v) is 6.73. The fraction of sp³-hybridized carbons (Fsp3) is 1.00. The first kappa shape index (κ1) is 12.5. The summed E-state index contributed by atoms with van der Waals surface area (Å²) >= 11 is 3.40. The van der Waals surface area contributed by atoms with Gasteiger partial charge in [0.25, 0.3) is 0 Å². The summed E-state index contributed by atoms with van der Waals surface area (Å²) < 4.78 is 25.4. The van der Waals surface area contributed by atoms with Crippen LogP contribution >= 0.6 is 15.9 Å². The first-order valence-electron chi connectivity index (χ1n) is 5.10. The van der Waals surface area contributed by atoms with Crippen molar-refractivity contribution in [1.82, 2.24) is 4.72 Å². The highest BCUT2D eigenvalue weighted by Gasteiger charge is 2.34. The first-order valence-corrected chi connectivity index (χ1v) is 7.77. The lowest BCUT2D eigenvalue weighted by Gasteiger charge is -2.08. The van der Waals surface area contributed by atoms with Gasteiger partial charge < -0.3 is 0 Å². The van der Waals surface area contributed by atoms with Crippen molar-refractivity contribution in [2.45, 2.75) is 37.9 Å². The van der Waals surface area contributed by atoms with E-state index in [0.717, 1.165) is 31.0 Å². The Bertz CT molecular complexity index is 262. The van der Waals surface area contributed by atoms with Crippen LogP contribution in [0.5, 0.6) is 0 Å². The average Bonchev–Trinajstić information content (AvgIpc) is 2.95. The number of alkyl halides is 1. The minimum absolute atomic E-state index is 0.0869. The van der Waals surface area contributed by atoms with Crippen LogP contribution in [0.15, 0.2) is 0 Å². The van der Waals surface area contributed by atoms with Gasteiger partial charge >= 0.3 is 0 Å². The highest BCUT2D eigenvalue weighted by atomic mass is 79.9. The molecule has 1 unspecified atom stereocenters. The van der Waals surface area contributed by atoms with E-state index in [4.69, 9.17) is 0 Å². The van der Waals surface area contributed by atoms with E-state index in [2.05, 4.69) is 27.6 Å². The van der Waals surface area contributed by atoms with Crippen LogP contribution in [0, 0.1) is 5.92 Å². The predicted molar refractivity (Wildman–Crippen MR) is 62.1 cm³/mol. The molecular formula is C9H18BrNO2S. The highest BCUT2D eigenvalue weighted by molar-refractivity contribution is 9.09. The highest BCUT2D eigenvalue weighted by Crippen LogP contribution is 2.27. The molecule has 3 nitrogen and oxygen atoms in total. The predicted octanol–water partition coefficient (Wildman–Crippen LogP) is 1.88. The monoisotopic (exact) mass is 283 g/mol. The van der Waals surface area contributed by atoms with Crippen molar-refractivity contribution in [3.05, 3.63) is 0 Å². The molecule has 1 atom stereocenters. The standard InChI is InChI=1S/C9H18BrNO2S/c1-8(7-10)3-2-6-11-14(12,13)9-4-5-9/h8-9,11H,2-7H2,1H3. The average molecular weight is 284 g/mol. The molecule has 0 saturated heterocycles. The quantitative estimate of drug-likeness (QED) is 0.573. The Morgan fingerprint density at radius 2 is 2.14 bits per heavy atom. The van der Waals surface area contributed by atoms with Crippen molar-refractivity contribution < 1.29 is 8.42 Å². The molecule has 0 radical (unpaired) electrons. The van der Waals surface area contributed by atoms with E-state index >= 15 is 0 Å². The summed E-state index contributed by atoms with van der Waals surface area (Å²) in [6, 6.07) is 0. The fourth-order valence-corrected chi connectivity index (χ4v) is 2.98. The maximum atomic E-state index is 11.4. The van der Waals surface area contributed by atoms with Gasteiger partial charge in [0.05, 0.1) is 5.25 Å². The molecule has 1 rings (SSSR count). The molecule has 1 aliphatic rings. The molecule has 1 N–H and O–H groups in total. The van der Waals surface area contributed by atoms with Gasteiger partial charge in [-0.15, -0.1) is 0 Å². The molecule has 0 bridgehead atoms. The maximum absolute atomic E-state index is 11.4. The summed E-state index contributed by atoms with van der Waals surface area (Å²) in [6.45, 7) is 2.75. The third-order valence-electron chi connectivity index (χ3n) is 2.40. The van der Waals surface area contributed by atoms with Crippen LogP contribution in [0.4, 0.5) is 0 Å². The van der Waals surface area contributed by atoms with Gasteiger partial charge in [0.2, 0.25) is 10.0 Å². The van der Waals surface area contributed by atoms with Gasteiger partial charge in [0.15, 0.2) is 0 Å². The van der Waals surface area contributed by atoms with Crippen molar-refractivity contribution in [2.24, 2.45) is 5.92 Å². The van der Waals surface area contributed by atoms with Crippen molar-refractivity contribution in [3.63, 3.8) is 0 Å². The minimum atomic E-state index is -2.95. The molecule has 0 spiro atoms.